The van der Waals surface area contributed by atoms with Crippen molar-refractivity contribution in [1.29, 1.82) is 5.26 Å². The normalized spacial score (nSPS) is 20.5. The fraction of sp³-hybridized carbons (Fsp3) is 0.263. The van der Waals surface area contributed by atoms with Crippen LogP contribution in [0.3, 0.4) is 0 Å². The van der Waals surface area contributed by atoms with Gasteiger partial charge in [0.2, 0.25) is 5.91 Å². The summed E-state index contributed by atoms with van der Waals surface area (Å²) in [7, 11) is 0. The Labute approximate surface area is 148 Å². The molecule has 0 aromatic heterocycles. The van der Waals surface area contributed by atoms with Crippen molar-refractivity contribution < 1.29 is 9.18 Å². The van der Waals surface area contributed by atoms with Crippen LogP contribution in [-0.2, 0) is 4.79 Å². The van der Waals surface area contributed by atoms with E-state index in [0.717, 1.165) is 28.4 Å². The van der Waals surface area contributed by atoms with Gasteiger partial charge in [-0.25, -0.2) is 4.39 Å². The Hall–Kier alpha value is -2.19. The number of amides is 1. The Bertz CT molecular complexity index is 767. The molecule has 5 heteroatoms. The molecule has 24 heavy (non-hydrogen) atoms. The molecule has 3 rings (SSSR count). The molecular weight excluding hydrogens is 371 g/mol. The standard InChI is InChI=1S/C19H16BrFN2O/c20-14-5-1-13(2-6-14)18(11-22)23-19(24)17-10-9-16(17)12-3-7-15(21)8-4-12/h1-8,16-18H,9-10H2,(H,23,24). The lowest BCUT2D eigenvalue weighted by molar-refractivity contribution is -0.128. The van der Waals surface area contributed by atoms with Gasteiger partial charge in [-0.1, -0.05) is 40.2 Å². The van der Waals surface area contributed by atoms with Gasteiger partial charge in [-0.2, -0.15) is 5.26 Å². The molecule has 3 nitrogen and oxygen atoms in total. The van der Waals surface area contributed by atoms with Crippen LogP contribution in [0.15, 0.2) is 53.0 Å². The lowest BCUT2D eigenvalue weighted by Gasteiger charge is -2.36. The van der Waals surface area contributed by atoms with Gasteiger partial charge in [0.15, 0.2) is 0 Å². The number of rotatable bonds is 4. The summed E-state index contributed by atoms with van der Waals surface area (Å²) in [5.41, 5.74) is 1.73. The molecule has 1 fully saturated rings. The number of nitrogens with zero attached hydrogens (tertiary/aromatic N) is 1. The summed E-state index contributed by atoms with van der Waals surface area (Å²) in [5, 5.41) is 12.2. The average Bonchev–Trinajstić information content (AvgIpc) is 2.54. The first kappa shape index (κ1) is 16.7. The predicted molar refractivity (Wildman–Crippen MR) is 92.5 cm³/mol. The molecule has 2 aromatic rings. The van der Waals surface area contributed by atoms with E-state index in [2.05, 4.69) is 27.3 Å². The molecule has 122 valence electrons. The van der Waals surface area contributed by atoms with Crippen LogP contribution in [-0.4, -0.2) is 5.91 Å². The molecule has 1 aliphatic carbocycles. The van der Waals surface area contributed by atoms with Gasteiger partial charge in [0.1, 0.15) is 11.9 Å². The molecule has 0 aliphatic heterocycles. The van der Waals surface area contributed by atoms with Gasteiger partial charge in [-0.05, 0) is 54.2 Å². The highest BCUT2D eigenvalue weighted by Crippen LogP contribution is 2.42. The van der Waals surface area contributed by atoms with Crippen LogP contribution < -0.4 is 5.32 Å². The minimum absolute atomic E-state index is 0.0925. The summed E-state index contributed by atoms with van der Waals surface area (Å²) in [6.07, 6.45) is 1.69. The zero-order valence-electron chi connectivity index (χ0n) is 12.9. The summed E-state index contributed by atoms with van der Waals surface area (Å²) >= 11 is 3.35. The molecule has 1 amide bonds. The van der Waals surface area contributed by atoms with Crippen molar-refractivity contribution >= 4 is 21.8 Å². The van der Waals surface area contributed by atoms with E-state index in [1.165, 1.54) is 12.1 Å². The highest BCUT2D eigenvalue weighted by molar-refractivity contribution is 9.10. The number of carbonyl (C=O) groups is 1. The molecule has 1 saturated carbocycles. The third kappa shape index (κ3) is 3.49. The minimum atomic E-state index is -0.667. The van der Waals surface area contributed by atoms with Crippen LogP contribution in [0, 0.1) is 23.1 Å². The van der Waals surface area contributed by atoms with Crippen LogP contribution in [0.25, 0.3) is 0 Å². The van der Waals surface area contributed by atoms with E-state index >= 15 is 0 Å². The molecule has 0 spiro atoms. The van der Waals surface area contributed by atoms with E-state index in [-0.39, 0.29) is 23.6 Å². The van der Waals surface area contributed by atoms with Crippen molar-refractivity contribution in [3.63, 3.8) is 0 Å². The second-order valence-corrected chi connectivity index (χ2v) is 6.88. The topological polar surface area (TPSA) is 52.9 Å². The van der Waals surface area contributed by atoms with Gasteiger partial charge in [0.25, 0.3) is 0 Å². The predicted octanol–water partition coefficient (Wildman–Crippen LogP) is 4.46. The zero-order chi connectivity index (χ0) is 17.1. The van der Waals surface area contributed by atoms with E-state index in [1.807, 2.05) is 24.3 Å². The second kappa shape index (κ2) is 7.14. The van der Waals surface area contributed by atoms with E-state index < -0.39 is 6.04 Å². The molecule has 0 saturated heterocycles. The van der Waals surface area contributed by atoms with Crippen molar-refractivity contribution in [3.05, 3.63) is 69.9 Å². The van der Waals surface area contributed by atoms with Gasteiger partial charge in [-0.3, -0.25) is 4.79 Å². The maximum atomic E-state index is 13.0. The summed E-state index contributed by atoms with van der Waals surface area (Å²) in [6, 6.07) is 15.1. The fourth-order valence-electron chi connectivity index (χ4n) is 3.02. The third-order valence-electron chi connectivity index (χ3n) is 4.53. The Morgan fingerprint density at radius 1 is 1.17 bits per heavy atom. The smallest absolute Gasteiger partial charge is 0.225 e. The SMILES string of the molecule is N#CC(NC(=O)C1CCC1c1ccc(F)cc1)c1ccc(Br)cc1. The second-order valence-electron chi connectivity index (χ2n) is 5.96. The van der Waals surface area contributed by atoms with Crippen LogP contribution in [0.1, 0.15) is 35.9 Å². The first-order valence-corrected chi connectivity index (χ1v) is 8.58. The van der Waals surface area contributed by atoms with Crippen molar-refractivity contribution in [1.82, 2.24) is 5.32 Å². The van der Waals surface area contributed by atoms with Crippen LogP contribution in [0.5, 0.6) is 0 Å². The Balaban J connectivity index is 1.68. The largest absolute Gasteiger partial charge is 0.336 e. The first-order chi connectivity index (χ1) is 11.6. The highest BCUT2D eigenvalue weighted by Gasteiger charge is 2.38. The summed E-state index contributed by atoms with van der Waals surface area (Å²) < 4.78 is 14.0. The van der Waals surface area contributed by atoms with Crippen LogP contribution in [0.2, 0.25) is 0 Å². The Morgan fingerprint density at radius 3 is 2.38 bits per heavy atom. The van der Waals surface area contributed by atoms with Crippen molar-refractivity contribution in [2.75, 3.05) is 0 Å². The lowest BCUT2D eigenvalue weighted by atomic mass is 9.69. The van der Waals surface area contributed by atoms with Crippen molar-refractivity contribution in [3.8, 4) is 6.07 Å². The average molecular weight is 387 g/mol. The number of halogens is 2. The highest BCUT2D eigenvalue weighted by atomic mass is 79.9. The molecule has 3 unspecified atom stereocenters. The maximum Gasteiger partial charge on any atom is 0.225 e. The molecule has 0 radical (unpaired) electrons. The Kier molecular flexibility index (Phi) is 4.96. The number of benzene rings is 2. The number of nitriles is 1. The zero-order valence-corrected chi connectivity index (χ0v) is 14.5. The summed E-state index contributed by atoms with van der Waals surface area (Å²) in [6.45, 7) is 0. The van der Waals surface area contributed by atoms with E-state index in [0.29, 0.717) is 0 Å². The summed E-state index contributed by atoms with van der Waals surface area (Å²) in [4.78, 5) is 12.5. The minimum Gasteiger partial charge on any atom is -0.336 e. The molecule has 3 atom stereocenters. The molecule has 1 N–H and O–H groups in total. The fourth-order valence-corrected chi connectivity index (χ4v) is 3.28. The molecular formula is C19H16BrFN2O. The third-order valence-corrected chi connectivity index (χ3v) is 5.06. The first-order valence-electron chi connectivity index (χ1n) is 7.79. The number of hydrogen-bond acceptors (Lipinski definition) is 2. The van der Waals surface area contributed by atoms with E-state index in [1.54, 1.807) is 12.1 Å². The van der Waals surface area contributed by atoms with Crippen molar-refractivity contribution in [2.24, 2.45) is 5.92 Å². The molecule has 0 heterocycles. The number of carbonyl (C=O) groups excluding carboxylic acids is 1. The molecule has 2 aromatic carbocycles. The summed E-state index contributed by atoms with van der Waals surface area (Å²) in [5.74, 6) is -0.472. The quantitative estimate of drug-likeness (QED) is 0.842. The van der Waals surface area contributed by atoms with Crippen LogP contribution >= 0.6 is 15.9 Å². The lowest BCUT2D eigenvalue weighted by Crippen LogP contribution is -2.40. The van der Waals surface area contributed by atoms with Gasteiger partial charge in [0, 0.05) is 10.4 Å². The number of hydrogen-bond donors (Lipinski definition) is 1. The van der Waals surface area contributed by atoms with Crippen molar-refractivity contribution in [2.45, 2.75) is 24.8 Å². The molecule has 0 bridgehead atoms. The number of nitrogens with one attached hydrogen (secondary N) is 1. The van der Waals surface area contributed by atoms with Gasteiger partial charge in [0.05, 0.1) is 6.07 Å². The maximum absolute atomic E-state index is 13.0. The van der Waals surface area contributed by atoms with Crippen LogP contribution in [0.4, 0.5) is 4.39 Å². The monoisotopic (exact) mass is 386 g/mol. The van der Waals surface area contributed by atoms with Gasteiger partial charge in [-0.15, -0.1) is 0 Å². The van der Waals surface area contributed by atoms with Gasteiger partial charge < -0.3 is 5.32 Å². The molecule has 1 aliphatic rings. The van der Waals surface area contributed by atoms with Gasteiger partial charge >= 0.3 is 0 Å². The van der Waals surface area contributed by atoms with E-state index in [9.17, 15) is 14.4 Å². The van der Waals surface area contributed by atoms with E-state index in [4.69, 9.17) is 0 Å². The Morgan fingerprint density at radius 2 is 1.83 bits per heavy atom.